The van der Waals surface area contributed by atoms with Gasteiger partial charge < -0.3 is 9.80 Å². The number of hydrogen-bond donors (Lipinski definition) is 0. The fraction of sp³-hybridized carbons (Fsp3) is 0.571. The van der Waals surface area contributed by atoms with Gasteiger partial charge >= 0.3 is 0 Å². The van der Waals surface area contributed by atoms with Gasteiger partial charge in [0, 0.05) is 32.4 Å². The van der Waals surface area contributed by atoms with E-state index in [-0.39, 0.29) is 0 Å². The first kappa shape index (κ1) is 12.8. The number of pyridine rings is 1. The van der Waals surface area contributed by atoms with Crippen LogP contribution in [0.3, 0.4) is 0 Å². The highest BCUT2D eigenvalue weighted by Gasteiger charge is 2.23. The van der Waals surface area contributed by atoms with Gasteiger partial charge in [0.15, 0.2) is 5.69 Å². The lowest BCUT2D eigenvalue weighted by molar-refractivity contribution is 0.221. The van der Waals surface area contributed by atoms with Gasteiger partial charge in [0.1, 0.15) is 6.07 Å². The summed E-state index contributed by atoms with van der Waals surface area (Å²) in [6.07, 6.45) is 3.99. The largest absolute Gasteiger partial charge is 0.369 e. The normalized spacial score (nSPS) is 17.4. The standard InChI is InChI=1S/C14H20N4/c1-3-18-9-6-12(7-10-18)17(2)14-5-4-8-16-13(14)11-15/h4-5,8,12H,3,6-7,9-10H2,1-2H3. The van der Waals surface area contributed by atoms with Crippen molar-refractivity contribution in [2.45, 2.75) is 25.8 Å². The Balaban J connectivity index is 2.08. The first-order valence-corrected chi connectivity index (χ1v) is 6.56. The van der Waals surface area contributed by atoms with Crippen molar-refractivity contribution in [3.8, 4) is 6.07 Å². The molecule has 4 heteroatoms. The minimum absolute atomic E-state index is 0.518. The van der Waals surface area contributed by atoms with E-state index in [1.807, 2.05) is 12.1 Å². The third-order valence-electron chi connectivity index (χ3n) is 3.82. The quantitative estimate of drug-likeness (QED) is 0.814. The Bertz CT molecular complexity index is 430. The SMILES string of the molecule is CCN1CCC(N(C)c2cccnc2C#N)CC1. The van der Waals surface area contributed by atoms with Crippen molar-refractivity contribution in [3.63, 3.8) is 0 Å². The van der Waals surface area contributed by atoms with Gasteiger partial charge in [0.25, 0.3) is 0 Å². The molecule has 0 amide bonds. The third-order valence-corrected chi connectivity index (χ3v) is 3.82. The van der Waals surface area contributed by atoms with Crippen LogP contribution in [0.5, 0.6) is 0 Å². The second-order valence-corrected chi connectivity index (χ2v) is 4.76. The van der Waals surface area contributed by atoms with E-state index in [9.17, 15) is 0 Å². The van der Waals surface area contributed by atoms with Crippen LogP contribution in [-0.2, 0) is 0 Å². The van der Waals surface area contributed by atoms with Crippen LogP contribution >= 0.6 is 0 Å². The Labute approximate surface area is 109 Å². The molecule has 18 heavy (non-hydrogen) atoms. The molecule has 0 N–H and O–H groups in total. The van der Waals surface area contributed by atoms with E-state index in [2.05, 4.69) is 34.8 Å². The molecule has 0 bridgehead atoms. The molecule has 96 valence electrons. The Morgan fingerprint density at radius 1 is 1.50 bits per heavy atom. The van der Waals surface area contributed by atoms with E-state index in [0.717, 1.165) is 38.2 Å². The fourth-order valence-corrected chi connectivity index (χ4v) is 2.59. The molecule has 0 spiro atoms. The summed E-state index contributed by atoms with van der Waals surface area (Å²) in [7, 11) is 2.07. The highest BCUT2D eigenvalue weighted by Crippen LogP contribution is 2.23. The number of aromatic nitrogens is 1. The second-order valence-electron chi connectivity index (χ2n) is 4.76. The van der Waals surface area contributed by atoms with E-state index < -0.39 is 0 Å². The number of hydrogen-bond acceptors (Lipinski definition) is 4. The molecule has 0 aromatic carbocycles. The molecule has 2 heterocycles. The molecule has 1 aromatic heterocycles. The summed E-state index contributed by atoms with van der Waals surface area (Å²) in [5.74, 6) is 0. The molecule has 0 radical (unpaired) electrons. The summed E-state index contributed by atoms with van der Waals surface area (Å²) in [4.78, 5) is 8.82. The summed E-state index contributed by atoms with van der Waals surface area (Å²) in [5, 5.41) is 9.10. The molecule has 0 atom stereocenters. The second kappa shape index (κ2) is 5.83. The molecule has 1 aliphatic rings. The van der Waals surface area contributed by atoms with Gasteiger partial charge in [0.05, 0.1) is 5.69 Å². The monoisotopic (exact) mass is 244 g/mol. The maximum Gasteiger partial charge on any atom is 0.163 e. The van der Waals surface area contributed by atoms with Crippen LogP contribution in [0, 0.1) is 11.3 Å². The number of rotatable bonds is 3. The van der Waals surface area contributed by atoms with Crippen molar-refractivity contribution in [2.24, 2.45) is 0 Å². The van der Waals surface area contributed by atoms with Crippen molar-refractivity contribution < 1.29 is 0 Å². The van der Waals surface area contributed by atoms with Crippen LogP contribution in [0.2, 0.25) is 0 Å². The maximum atomic E-state index is 9.10. The molecule has 0 aliphatic carbocycles. The molecule has 0 unspecified atom stereocenters. The predicted octanol–water partition coefficient (Wildman–Crippen LogP) is 1.87. The van der Waals surface area contributed by atoms with Crippen LogP contribution in [-0.4, -0.2) is 42.6 Å². The molecule has 1 aliphatic heterocycles. The minimum Gasteiger partial charge on any atom is -0.369 e. The van der Waals surface area contributed by atoms with Crippen LogP contribution < -0.4 is 4.90 Å². The van der Waals surface area contributed by atoms with E-state index in [0.29, 0.717) is 11.7 Å². The molecule has 2 rings (SSSR count). The Kier molecular flexibility index (Phi) is 4.16. The van der Waals surface area contributed by atoms with Crippen LogP contribution in [0.4, 0.5) is 5.69 Å². The van der Waals surface area contributed by atoms with Crippen LogP contribution in [0.15, 0.2) is 18.3 Å². The molecule has 0 saturated carbocycles. The third kappa shape index (κ3) is 2.62. The zero-order valence-corrected chi connectivity index (χ0v) is 11.1. The molecule has 1 aromatic rings. The average molecular weight is 244 g/mol. The number of likely N-dealkylation sites (tertiary alicyclic amines) is 1. The van der Waals surface area contributed by atoms with Gasteiger partial charge in [-0.15, -0.1) is 0 Å². The lowest BCUT2D eigenvalue weighted by Crippen LogP contribution is -2.43. The topological polar surface area (TPSA) is 43.2 Å². The van der Waals surface area contributed by atoms with Gasteiger partial charge in [0.2, 0.25) is 0 Å². The van der Waals surface area contributed by atoms with Gasteiger partial charge in [-0.1, -0.05) is 6.92 Å². The van der Waals surface area contributed by atoms with E-state index in [1.54, 1.807) is 6.20 Å². The Morgan fingerprint density at radius 2 is 2.22 bits per heavy atom. The number of nitriles is 1. The maximum absolute atomic E-state index is 9.10. The van der Waals surface area contributed by atoms with Crippen molar-refractivity contribution >= 4 is 5.69 Å². The van der Waals surface area contributed by atoms with E-state index >= 15 is 0 Å². The zero-order valence-electron chi connectivity index (χ0n) is 11.1. The van der Waals surface area contributed by atoms with Crippen molar-refractivity contribution in [2.75, 3.05) is 31.6 Å². The van der Waals surface area contributed by atoms with Crippen molar-refractivity contribution in [3.05, 3.63) is 24.0 Å². The number of anilines is 1. The average Bonchev–Trinajstić information content (AvgIpc) is 2.46. The fourth-order valence-electron chi connectivity index (χ4n) is 2.59. The molecular formula is C14H20N4. The Morgan fingerprint density at radius 3 is 2.83 bits per heavy atom. The number of nitrogens with zero attached hydrogens (tertiary/aromatic N) is 4. The lowest BCUT2D eigenvalue weighted by Gasteiger charge is -2.37. The van der Waals surface area contributed by atoms with E-state index in [4.69, 9.17) is 5.26 Å². The van der Waals surface area contributed by atoms with Gasteiger partial charge in [-0.2, -0.15) is 5.26 Å². The molecule has 4 nitrogen and oxygen atoms in total. The highest BCUT2D eigenvalue weighted by molar-refractivity contribution is 5.55. The van der Waals surface area contributed by atoms with E-state index in [1.165, 1.54) is 0 Å². The van der Waals surface area contributed by atoms with Crippen molar-refractivity contribution in [1.82, 2.24) is 9.88 Å². The zero-order chi connectivity index (χ0) is 13.0. The summed E-state index contributed by atoms with van der Waals surface area (Å²) < 4.78 is 0. The summed E-state index contributed by atoms with van der Waals surface area (Å²) in [6.45, 7) is 5.63. The summed E-state index contributed by atoms with van der Waals surface area (Å²) in [6, 6.07) is 6.57. The predicted molar refractivity (Wildman–Crippen MR) is 72.5 cm³/mol. The first-order valence-electron chi connectivity index (χ1n) is 6.56. The molecule has 1 saturated heterocycles. The minimum atomic E-state index is 0.518. The summed E-state index contributed by atoms with van der Waals surface area (Å²) in [5.41, 5.74) is 1.48. The van der Waals surface area contributed by atoms with Gasteiger partial charge in [-0.25, -0.2) is 4.98 Å². The van der Waals surface area contributed by atoms with Crippen LogP contribution in [0.25, 0.3) is 0 Å². The van der Waals surface area contributed by atoms with Gasteiger partial charge in [-0.05, 0) is 31.5 Å². The Hall–Kier alpha value is -1.60. The number of piperidine rings is 1. The summed E-state index contributed by atoms with van der Waals surface area (Å²) >= 11 is 0. The van der Waals surface area contributed by atoms with Crippen LogP contribution in [0.1, 0.15) is 25.5 Å². The molecular weight excluding hydrogens is 224 g/mol. The smallest absolute Gasteiger partial charge is 0.163 e. The lowest BCUT2D eigenvalue weighted by atomic mass is 10.0. The molecule has 1 fully saturated rings. The first-order chi connectivity index (χ1) is 8.76. The highest BCUT2D eigenvalue weighted by atomic mass is 15.2. The van der Waals surface area contributed by atoms with Crippen molar-refractivity contribution in [1.29, 1.82) is 5.26 Å². The van der Waals surface area contributed by atoms with Gasteiger partial charge in [-0.3, -0.25) is 0 Å².